The summed E-state index contributed by atoms with van der Waals surface area (Å²) in [5.74, 6) is -2.78. The first-order valence-electron chi connectivity index (χ1n) is 5.00. The number of nitrogens with one attached hydrogen (secondary N) is 1. The lowest BCUT2D eigenvalue weighted by atomic mass is 9.61. The van der Waals surface area contributed by atoms with Gasteiger partial charge >= 0.3 is 5.97 Å². The van der Waals surface area contributed by atoms with Crippen molar-refractivity contribution >= 4 is 17.7 Å². The minimum atomic E-state index is -1.25. The van der Waals surface area contributed by atoms with Crippen LogP contribution in [0, 0.1) is 11.3 Å². The zero-order chi connectivity index (χ0) is 11.1. The maximum absolute atomic E-state index is 12.0. The second kappa shape index (κ2) is 3.32. The molecule has 1 aliphatic heterocycles. The number of rotatable bonds is 1. The fraction of sp³-hybridized carbons (Fsp3) is 0.700. The number of carbonyl (C=O) groups is 3. The zero-order valence-corrected chi connectivity index (χ0v) is 8.54. The molecule has 1 saturated carbocycles. The van der Waals surface area contributed by atoms with E-state index in [-0.39, 0.29) is 5.78 Å². The molecule has 2 rings (SSSR count). The van der Waals surface area contributed by atoms with Crippen molar-refractivity contribution in [3.63, 3.8) is 0 Å². The molecule has 1 spiro atoms. The Balaban J connectivity index is 2.23. The average Bonchev–Trinajstić information content (AvgIpc) is 2.15. The van der Waals surface area contributed by atoms with Gasteiger partial charge in [0.15, 0.2) is 11.7 Å². The summed E-state index contributed by atoms with van der Waals surface area (Å²) in [5.41, 5.74) is -0.479. The van der Waals surface area contributed by atoms with Gasteiger partial charge < -0.3 is 10.1 Å². The van der Waals surface area contributed by atoms with Crippen LogP contribution in [0.15, 0.2) is 0 Å². The van der Waals surface area contributed by atoms with E-state index in [4.69, 9.17) is 0 Å². The van der Waals surface area contributed by atoms with Gasteiger partial charge in [-0.1, -0.05) is 6.42 Å². The first-order valence-corrected chi connectivity index (χ1v) is 5.00. The smallest absolute Gasteiger partial charge is 0.325 e. The molecule has 15 heavy (non-hydrogen) atoms. The summed E-state index contributed by atoms with van der Waals surface area (Å²) < 4.78 is 4.47. The Morgan fingerprint density at radius 3 is 2.60 bits per heavy atom. The highest BCUT2D eigenvalue weighted by Gasteiger charge is 2.54. The molecule has 1 N–H and O–H groups in total. The molecule has 1 aliphatic carbocycles. The number of hydrogen-bond acceptors (Lipinski definition) is 4. The highest BCUT2D eigenvalue weighted by atomic mass is 16.5. The topological polar surface area (TPSA) is 72.5 Å². The Kier molecular flexibility index (Phi) is 2.25. The lowest BCUT2D eigenvalue weighted by Gasteiger charge is -2.44. The SMILES string of the molecule is COC(=O)C1C(=O)NCC2(CCC2)C1=O. The third-order valence-electron chi connectivity index (χ3n) is 3.40. The van der Waals surface area contributed by atoms with Crippen molar-refractivity contribution in [3.05, 3.63) is 0 Å². The second-order valence-corrected chi connectivity index (χ2v) is 4.17. The van der Waals surface area contributed by atoms with Crippen molar-refractivity contribution in [3.8, 4) is 0 Å². The molecule has 5 heteroatoms. The predicted octanol–water partition coefficient (Wildman–Crippen LogP) is -0.355. The molecule has 5 nitrogen and oxygen atoms in total. The molecule has 2 aliphatic rings. The number of ketones is 1. The van der Waals surface area contributed by atoms with E-state index >= 15 is 0 Å². The summed E-state index contributed by atoms with van der Waals surface area (Å²) in [4.78, 5) is 34.7. The van der Waals surface area contributed by atoms with Crippen LogP contribution >= 0.6 is 0 Å². The van der Waals surface area contributed by atoms with E-state index in [9.17, 15) is 14.4 Å². The van der Waals surface area contributed by atoms with E-state index in [1.165, 1.54) is 7.11 Å². The highest BCUT2D eigenvalue weighted by Crippen LogP contribution is 2.44. The highest BCUT2D eigenvalue weighted by molar-refractivity contribution is 6.19. The molecule has 2 fully saturated rings. The van der Waals surface area contributed by atoms with Gasteiger partial charge in [-0.3, -0.25) is 14.4 Å². The number of carbonyl (C=O) groups excluding carboxylic acids is 3. The maximum Gasteiger partial charge on any atom is 0.325 e. The van der Waals surface area contributed by atoms with Crippen LogP contribution in [0.2, 0.25) is 0 Å². The van der Waals surface area contributed by atoms with E-state index in [2.05, 4.69) is 10.1 Å². The molecule has 82 valence electrons. The first-order chi connectivity index (χ1) is 7.10. The maximum atomic E-state index is 12.0. The Morgan fingerprint density at radius 2 is 2.13 bits per heavy atom. The van der Waals surface area contributed by atoms with Crippen molar-refractivity contribution in [2.75, 3.05) is 13.7 Å². The third-order valence-corrected chi connectivity index (χ3v) is 3.40. The number of hydrogen-bond donors (Lipinski definition) is 1. The van der Waals surface area contributed by atoms with E-state index in [0.717, 1.165) is 19.3 Å². The van der Waals surface area contributed by atoms with Crippen LogP contribution in [-0.4, -0.2) is 31.3 Å². The van der Waals surface area contributed by atoms with Crippen LogP contribution in [-0.2, 0) is 19.1 Å². The van der Waals surface area contributed by atoms with Gasteiger partial charge in [-0.05, 0) is 12.8 Å². The molecule has 0 aromatic heterocycles. The van der Waals surface area contributed by atoms with Crippen LogP contribution in [0.1, 0.15) is 19.3 Å². The standard InChI is InChI=1S/C10H13NO4/c1-15-9(14)6-7(12)10(3-2-4-10)5-11-8(6)13/h6H,2-5H2,1H3,(H,11,13). The number of piperidine rings is 1. The van der Waals surface area contributed by atoms with Crippen molar-refractivity contribution in [2.45, 2.75) is 19.3 Å². The van der Waals surface area contributed by atoms with Crippen molar-refractivity contribution in [1.82, 2.24) is 5.32 Å². The van der Waals surface area contributed by atoms with Crippen LogP contribution in [0.25, 0.3) is 0 Å². The van der Waals surface area contributed by atoms with E-state index < -0.39 is 23.2 Å². The number of ether oxygens (including phenoxy) is 1. The minimum absolute atomic E-state index is 0.260. The van der Waals surface area contributed by atoms with Crippen LogP contribution in [0.5, 0.6) is 0 Å². The number of Topliss-reactive ketones (excluding diaryl/α,β-unsaturated/α-hetero) is 1. The molecule has 1 atom stereocenters. The van der Waals surface area contributed by atoms with Gasteiger partial charge in [-0.15, -0.1) is 0 Å². The normalized spacial score (nSPS) is 28.2. The Bertz CT molecular complexity index is 324. The number of amides is 1. The van der Waals surface area contributed by atoms with Gasteiger partial charge in [0.05, 0.1) is 7.11 Å². The summed E-state index contributed by atoms with van der Waals surface area (Å²) in [5, 5.41) is 2.61. The molecule has 1 unspecified atom stereocenters. The molecule has 1 saturated heterocycles. The molecule has 0 bridgehead atoms. The molecule has 1 heterocycles. The third kappa shape index (κ3) is 1.33. The lowest BCUT2D eigenvalue weighted by Crippen LogP contribution is -2.60. The van der Waals surface area contributed by atoms with Crippen molar-refractivity contribution in [1.29, 1.82) is 0 Å². The molecular weight excluding hydrogens is 198 g/mol. The van der Waals surface area contributed by atoms with Crippen molar-refractivity contribution < 1.29 is 19.1 Å². The largest absolute Gasteiger partial charge is 0.468 e. The van der Waals surface area contributed by atoms with E-state index in [1.807, 2.05) is 0 Å². The summed E-state index contributed by atoms with van der Waals surface area (Å²) in [6, 6.07) is 0. The Morgan fingerprint density at radius 1 is 1.47 bits per heavy atom. The molecule has 0 radical (unpaired) electrons. The average molecular weight is 211 g/mol. The second-order valence-electron chi connectivity index (χ2n) is 4.17. The van der Waals surface area contributed by atoms with Gasteiger partial charge in [0.1, 0.15) is 0 Å². The van der Waals surface area contributed by atoms with Gasteiger partial charge in [0, 0.05) is 12.0 Å². The van der Waals surface area contributed by atoms with Crippen LogP contribution < -0.4 is 5.32 Å². The summed E-state index contributed by atoms with van der Waals surface area (Å²) in [7, 11) is 1.19. The Labute approximate surface area is 87.2 Å². The molecule has 1 amide bonds. The Hall–Kier alpha value is -1.39. The number of methoxy groups -OCH3 is 1. The quantitative estimate of drug-likeness (QED) is 0.475. The summed E-state index contributed by atoms with van der Waals surface area (Å²) in [6.45, 7) is 0.373. The van der Waals surface area contributed by atoms with Gasteiger partial charge in [-0.2, -0.15) is 0 Å². The zero-order valence-electron chi connectivity index (χ0n) is 8.54. The number of esters is 1. The van der Waals surface area contributed by atoms with Crippen LogP contribution in [0.3, 0.4) is 0 Å². The van der Waals surface area contributed by atoms with Crippen LogP contribution in [0.4, 0.5) is 0 Å². The minimum Gasteiger partial charge on any atom is -0.468 e. The predicted molar refractivity (Wildman–Crippen MR) is 49.8 cm³/mol. The molecule has 0 aromatic carbocycles. The summed E-state index contributed by atoms with van der Waals surface area (Å²) in [6.07, 6.45) is 2.51. The molecule has 0 aromatic rings. The van der Waals surface area contributed by atoms with Gasteiger partial charge in [-0.25, -0.2) is 0 Å². The molecular formula is C10H13NO4. The van der Waals surface area contributed by atoms with Crippen molar-refractivity contribution in [2.24, 2.45) is 11.3 Å². The first kappa shape index (κ1) is 10.1. The fourth-order valence-electron chi connectivity index (χ4n) is 2.23. The van der Waals surface area contributed by atoms with E-state index in [0.29, 0.717) is 6.54 Å². The van der Waals surface area contributed by atoms with Gasteiger partial charge in [0.2, 0.25) is 5.91 Å². The monoisotopic (exact) mass is 211 g/mol. The summed E-state index contributed by atoms with van der Waals surface area (Å²) >= 11 is 0. The van der Waals surface area contributed by atoms with E-state index in [1.54, 1.807) is 0 Å². The lowest BCUT2D eigenvalue weighted by molar-refractivity contribution is -0.161. The fourth-order valence-corrected chi connectivity index (χ4v) is 2.23. The van der Waals surface area contributed by atoms with Gasteiger partial charge in [0.25, 0.3) is 0 Å².